The van der Waals surface area contributed by atoms with E-state index < -0.39 is 0 Å². The Morgan fingerprint density at radius 2 is 2.33 bits per heavy atom. The van der Waals surface area contributed by atoms with Crippen molar-refractivity contribution in [3.63, 3.8) is 0 Å². The Hall–Kier alpha value is -2.72. The molecule has 1 aliphatic heterocycles. The molecule has 24 heavy (non-hydrogen) atoms. The lowest BCUT2D eigenvalue weighted by atomic mass is 10.1. The molecule has 3 heterocycles. The van der Waals surface area contributed by atoms with Crippen LogP contribution in [0.2, 0.25) is 0 Å². The number of likely N-dealkylation sites (tertiary alicyclic amines) is 1. The summed E-state index contributed by atoms with van der Waals surface area (Å²) in [6, 6.07) is 5.88. The molecule has 0 saturated carbocycles. The first-order valence-electron chi connectivity index (χ1n) is 7.64. The number of carbonyl (C=O) groups is 1. The number of nitriles is 1. The lowest BCUT2D eigenvalue weighted by Crippen LogP contribution is -2.43. The normalized spacial score (nSPS) is 17.6. The molecular weight excluding hydrogens is 324 g/mol. The first kappa shape index (κ1) is 16.1. The summed E-state index contributed by atoms with van der Waals surface area (Å²) in [5.41, 5.74) is 0.165. The zero-order valence-corrected chi connectivity index (χ0v) is 13.8. The van der Waals surface area contributed by atoms with Gasteiger partial charge in [0, 0.05) is 29.9 Å². The number of carbonyl (C=O) groups excluding carboxylic acids is 1. The third-order valence-electron chi connectivity index (χ3n) is 3.67. The number of ether oxygens (including phenoxy) is 1. The standard InChI is InChI=1S/C17H16N4O2S/c18-11-15-17(20-8-7-19-15)23-13-3-1-9-21(12-13)16(22)6-5-14-4-2-10-24-14/h2,4-8,10,13H,1,3,9,12H2/b6-5+/t13-/m1/s1. The predicted octanol–water partition coefficient (Wildman–Crippen LogP) is 2.49. The van der Waals surface area contributed by atoms with Crippen LogP contribution in [0.3, 0.4) is 0 Å². The molecule has 0 spiro atoms. The number of hydrogen-bond acceptors (Lipinski definition) is 6. The minimum atomic E-state index is -0.179. The van der Waals surface area contributed by atoms with Gasteiger partial charge in [-0.15, -0.1) is 11.3 Å². The molecule has 2 aromatic heterocycles. The summed E-state index contributed by atoms with van der Waals surface area (Å²) in [6.45, 7) is 1.19. The van der Waals surface area contributed by atoms with Gasteiger partial charge in [-0.2, -0.15) is 5.26 Å². The second-order valence-electron chi connectivity index (χ2n) is 5.34. The van der Waals surface area contributed by atoms with Gasteiger partial charge in [0.1, 0.15) is 12.2 Å². The molecular formula is C17H16N4O2S. The van der Waals surface area contributed by atoms with Crippen LogP contribution in [0.15, 0.2) is 36.0 Å². The van der Waals surface area contributed by atoms with Gasteiger partial charge in [-0.3, -0.25) is 4.79 Å². The maximum absolute atomic E-state index is 12.3. The lowest BCUT2D eigenvalue weighted by molar-refractivity contribution is -0.128. The van der Waals surface area contributed by atoms with Crippen molar-refractivity contribution in [2.75, 3.05) is 13.1 Å². The molecule has 7 heteroatoms. The van der Waals surface area contributed by atoms with Gasteiger partial charge in [0.2, 0.25) is 11.6 Å². The van der Waals surface area contributed by atoms with E-state index in [1.807, 2.05) is 29.7 Å². The minimum Gasteiger partial charge on any atom is -0.470 e. The van der Waals surface area contributed by atoms with Crippen molar-refractivity contribution in [2.24, 2.45) is 0 Å². The molecule has 0 bridgehead atoms. The fraction of sp³-hybridized carbons (Fsp3) is 0.294. The van der Waals surface area contributed by atoms with Crippen LogP contribution in [0.5, 0.6) is 5.88 Å². The summed E-state index contributed by atoms with van der Waals surface area (Å²) in [7, 11) is 0. The Kier molecular flexibility index (Phi) is 5.18. The summed E-state index contributed by atoms with van der Waals surface area (Å²) < 4.78 is 5.80. The minimum absolute atomic E-state index is 0.0312. The third kappa shape index (κ3) is 3.97. The Bertz CT molecular complexity index is 767. The van der Waals surface area contributed by atoms with E-state index >= 15 is 0 Å². The van der Waals surface area contributed by atoms with Crippen molar-refractivity contribution in [3.8, 4) is 11.9 Å². The van der Waals surface area contributed by atoms with Crippen molar-refractivity contribution in [1.29, 1.82) is 5.26 Å². The smallest absolute Gasteiger partial charge is 0.251 e. The van der Waals surface area contributed by atoms with Gasteiger partial charge in [-0.05, 0) is 30.4 Å². The van der Waals surface area contributed by atoms with Crippen LogP contribution >= 0.6 is 11.3 Å². The van der Waals surface area contributed by atoms with Crippen LogP contribution in [0, 0.1) is 11.3 Å². The molecule has 1 amide bonds. The Labute approximate surface area is 144 Å². The van der Waals surface area contributed by atoms with Crippen molar-refractivity contribution in [2.45, 2.75) is 18.9 Å². The number of aromatic nitrogens is 2. The van der Waals surface area contributed by atoms with Crippen LogP contribution in [-0.4, -0.2) is 40.0 Å². The second kappa shape index (κ2) is 7.70. The topological polar surface area (TPSA) is 79.1 Å². The molecule has 3 rings (SSSR count). The fourth-order valence-corrected chi connectivity index (χ4v) is 3.14. The van der Waals surface area contributed by atoms with Crippen molar-refractivity contribution in [1.82, 2.24) is 14.9 Å². The van der Waals surface area contributed by atoms with Gasteiger partial charge in [0.15, 0.2) is 0 Å². The van der Waals surface area contributed by atoms with E-state index in [9.17, 15) is 4.79 Å². The van der Waals surface area contributed by atoms with E-state index in [0.717, 1.165) is 17.7 Å². The molecule has 0 aliphatic carbocycles. The number of nitrogens with zero attached hydrogens (tertiary/aromatic N) is 4. The first-order valence-corrected chi connectivity index (χ1v) is 8.52. The molecule has 0 aromatic carbocycles. The number of hydrogen-bond donors (Lipinski definition) is 0. The SMILES string of the molecule is N#Cc1nccnc1O[C@@H]1CCCN(C(=O)/C=C/c2cccs2)C1. The highest BCUT2D eigenvalue weighted by Gasteiger charge is 2.25. The van der Waals surface area contributed by atoms with Crippen LogP contribution in [0.1, 0.15) is 23.4 Å². The number of rotatable bonds is 4. The van der Waals surface area contributed by atoms with E-state index in [-0.39, 0.29) is 23.6 Å². The molecule has 1 fully saturated rings. The number of piperidine rings is 1. The van der Waals surface area contributed by atoms with Gasteiger partial charge in [0.05, 0.1) is 6.54 Å². The first-order chi connectivity index (χ1) is 11.8. The summed E-state index contributed by atoms with van der Waals surface area (Å²) in [5.74, 6) is 0.199. The quantitative estimate of drug-likeness (QED) is 0.799. The van der Waals surface area contributed by atoms with Gasteiger partial charge >= 0.3 is 0 Å². The molecule has 6 nitrogen and oxygen atoms in total. The summed E-state index contributed by atoms with van der Waals surface area (Å²) >= 11 is 1.59. The molecule has 1 aliphatic rings. The predicted molar refractivity (Wildman–Crippen MR) is 90.3 cm³/mol. The van der Waals surface area contributed by atoms with Crippen molar-refractivity contribution in [3.05, 3.63) is 46.6 Å². The molecule has 0 N–H and O–H groups in total. The van der Waals surface area contributed by atoms with Gasteiger partial charge in [-0.25, -0.2) is 9.97 Å². The Morgan fingerprint density at radius 3 is 3.12 bits per heavy atom. The van der Waals surface area contributed by atoms with E-state index in [2.05, 4.69) is 9.97 Å². The monoisotopic (exact) mass is 340 g/mol. The zero-order valence-electron chi connectivity index (χ0n) is 13.0. The van der Waals surface area contributed by atoms with E-state index in [4.69, 9.17) is 10.00 Å². The molecule has 0 unspecified atom stereocenters. The second-order valence-corrected chi connectivity index (χ2v) is 6.32. The van der Waals surface area contributed by atoms with E-state index in [0.29, 0.717) is 13.1 Å². The van der Waals surface area contributed by atoms with Crippen molar-refractivity contribution < 1.29 is 9.53 Å². The highest BCUT2D eigenvalue weighted by molar-refractivity contribution is 7.10. The van der Waals surface area contributed by atoms with Crippen LogP contribution in [-0.2, 0) is 4.79 Å². The molecule has 0 radical (unpaired) electrons. The number of thiophene rings is 1. The average molecular weight is 340 g/mol. The third-order valence-corrected chi connectivity index (χ3v) is 4.51. The molecule has 1 saturated heterocycles. The highest BCUT2D eigenvalue weighted by Crippen LogP contribution is 2.19. The number of amides is 1. The summed E-state index contributed by atoms with van der Waals surface area (Å²) in [6.07, 6.45) is 7.86. The maximum atomic E-state index is 12.3. The summed E-state index contributed by atoms with van der Waals surface area (Å²) in [4.78, 5) is 23.1. The van der Waals surface area contributed by atoms with Crippen LogP contribution < -0.4 is 4.74 Å². The van der Waals surface area contributed by atoms with Crippen LogP contribution in [0.25, 0.3) is 6.08 Å². The zero-order chi connectivity index (χ0) is 16.8. The van der Waals surface area contributed by atoms with Crippen LogP contribution in [0.4, 0.5) is 0 Å². The average Bonchev–Trinajstić information content (AvgIpc) is 3.14. The Balaban J connectivity index is 1.62. The van der Waals surface area contributed by atoms with E-state index in [1.54, 1.807) is 22.3 Å². The lowest BCUT2D eigenvalue weighted by Gasteiger charge is -2.32. The molecule has 122 valence electrons. The molecule has 2 aromatic rings. The van der Waals surface area contributed by atoms with Crippen molar-refractivity contribution >= 4 is 23.3 Å². The fourth-order valence-electron chi connectivity index (χ4n) is 2.53. The van der Waals surface area contributed by atoms with Gasteiger partial charge in [-0.1, -0.05) is 6.07 Å². The van der Waals surface area contributed by atoms with Gasteiger partial charge < -0.3 is 9.64 Å². The highest BCUT2D eigenvalue weighted by atomic mass is 32.1. The largest absolute Gasteiger partial charge is 0.470 e. The van der Waals surface area contributed by atoms with Gasteiger partial charge in [0.25, 0.3) is 5.88 Å². The summed E-state index contributed by atoms with van der Waals surface area (Å²) in [5, 5.41) is 11.0. The maximum Gasteiger partial charge on any atom is 0.251 e. The Morgan fingerprint density at radius 1 is 1.46 bits per heavy atom. The molecule has 1 atom stereocenters. The van der Waals surface area contributed by atoms with E-state index in [1.165, 1.54) is 12.4 Å².